The van der Waals surface area contributed by atoms with Gasteiger partial charge < -0.3 is 4.74 Å². The molecule has 0 radical (unpaired) electrons. The van der Waals surface area contributed by atoms with E-state index in [9.17, 15) is 0 Å². The van der Waals surface area contributed by atoms with Gasteiger partial charge in [0.2, 0.25) is 0 Å². The van der Waals surface area contributed by atoms with Gasteiger partial charge in [0, 0.05) is 11.7 Å². The van der Waals surface area contributed by atoms with Crippen LogP contribution in [0.4, 0.5) is 0 Å². The fourth-order valence-corrected chi connectivity index (χ4v) is 4.46. The lowest BCUT2D eigenvalue weighted by molar-refractivity contribution is 0.209. The summed E-state index contributed by atoms with van der Waals surface area (Å²) in [5, 5.41) is 0. The van der Waals surface area contributed by atoms with E-state index >= 15 is 0 Å². The van der Waals surface area contributed by atoms with Gasteiger partial charge in [0.25, 0.3) is 0 Å². The van der Waals surface area contributed by atoms with Crippen molar-refractivity contribution in [1.82, 2.24) is 9.88 Å². The average molecular weight is 298 g/mol. The van der Waals surface area contributed by atoms with Gasteiger partial charge in [-0.05, 0) is 76.1 Å². The first-order valence-electron chi connectivity index (χ1n) is 8.90. The topological polar surface area (TPSA) is 25.4 Å². The Morgan fingerprint density at radius 3 is 2.64 bits per heavy atom. The van der Waals surface area contributed by atoms with Crippen LogP contribution >= 0.6 is 0 Å². The van der Waals surface area contributed by atoms with E-state index in [-0.39, 0.29) is 0 Å². The zero-order chi connectivity index (χ0) is 14.8. The smallest absolute Gasteiger partial charge is 0.138 e. The Bertz CT molecular complexity index is 538. The highest BCUT2D eigenvalue weighted by molar-refractivity contribution is 5.52. The molecule has 1 aromatic heterocycles. The summed E-state index contributed by atoms with van der Waals surface area (Å²) in [5.74, 6) is 0.932. The highest BCUT2D eigenvalue weighted by Crippen LogP contribution is 2.40. The quantitative estimate of drug-likeness (QED) is 0.838. The van der Waals surface area contributed by atoms with Gasteiger partial charge in [0.1, 0.15) is 5.75 Å². The molecular weight excluding hydrogens is 272 g/mol. The summed E-state index contributed by atoms with van der Waals surface area (Å²) in [5.41, 5.74) is 1.51. The van der Waals surface area contributed by atoms with Crippen LogP contribution in [0.2, 0.25) is 0 Å². The summed E-state index contributed by atoms with van der Waals surface area (Å²) >= 11 is 0. The molecule has 3 fully saturated rings. The third kappa shape index (κ3) is 2.79. The van der Waals surface area contributed by atoms with E-state index in [1.54, 1.807) is 0 Å². The summed E-state index contributed by atoms with van der Waals surface area (Å²) in [6, 6.07) is 2.15. The van der Waals surface area contributed by atoms with E-state index in [4.69, 9.17) is 4.74 Å². The molecule has 3 heterocycles. The fourth-order valence-electron chi connectivity index (χ4n) is 4.46. The van der Waals surface area contributed by atoms with Crippen LogP contribution in [-0.4, -0.2) is 34.6 Å². The van der Waals surface area contributed by atoms with Gasteiger partial charge >= 0.3 is 0 Å². The number of fused-ring (bicyclic) bond motifs is 1. The lowest BCUT2D eigenvalue weighted by Crippen LogP contribution is -2.35. The third-order valence-corrected chi connectivity index (χ3v) is 5.63. The molecule has 2 aliphatic heterocycles. The Hall–Kier alpha value is -1.35. The molecule has 2 saturated heterocycles. The molecule has 0 N–H and O–H groups in total. The van der Waals surface area contributed by atoms with Crippen molar-refractivity contribution in [2.24, 2.45) is 0 Å². The molecule has 4 rings (SSSR count). The SMILES string of the molecule is C(=C/C12CCCN1CCC2)/c1cncc(OC2CCCC2)c1. The van der Waals surface area contributed by atoms with Crippen molar-refractivity contribution in [3.63, 3.8) is 0 Å². The van der Waals surface area contributed by atoms with Gasteiger partial charge in [-0.25, -0.2) is 0 Å². The number of nitrogens with zero attached hydrogens (tertiary/aromatic N) is 2. The molecule has 118 valence electrons. The first-order chi connectivity index (χ1) is 10.8. The van der Waals surface area contributed by atoms with Gasteiger partial charge in [0.15, 0.2) is 0 Å². The van der Waals surface area contributed by atoms with Crippen molar-refractivity contribution < 1.29 is 4.74 Å². The summed E-state index contributed by atoms with van der Waals surface area (Å²) < 4.78 is 6.07. The zero-order valence-corrected chi connectivity index (χ0v) is 13.3. The lowest BCUT2D eigenvalue weighted by Gasteiger charge is -2.28. The Labute approximate surface area is 133 Å². The van der Waals surface area contributed by atoms with E-state index in [1.165, 1.54) is 70.0 Å². The molecule has 0 spiro atoms. The van der Waals surface area contributed by atoms with Crippen molar-refractivity contribution in [1.29, 1.82) is 0 Å². The molecule has 0 atom stereocenters. The van der Waals surface area contributed by atoms with Crippen molar-refractivity contribution in [3.05, 3.63) is 30.1 Å². The summed E-state index contributed by atoms with van der Waals surface area (Å²) in [7, 11) is 0. The van der Waals surface area contributed by atoms with E-state index < -0.39 is 0 Å². The normalized spacial score (nSPS) is 25.1. The maximum absolute atomic E-state index is 6.07. The Balaban J connectivity index is 1.47. The highest BCUT2D eigenvalue weighted by Gasteiger charge is 2.41. The minimum atomic E-state index is 0.336. The fraction of sp³-hybridized carbons (Fsp3) is 0.632. The van der Waals surface area contributed by atoms with Crippen molar-refractivity contribution in [3.8, 4) is 5.75 Å². The molecule has 22 heavy (non-hydrogen) atoms. The largest absolute Gasteiger partial charge is 0.489 e. The van der Waals surface area contributed by atoms with Crippen LogP contribution in [0.5, 0.6) is 5.75 Å². The molecule has 1 aromatic rings. The van der Waals surface area contributed by atoms with Crippen LogP contribution in [-0.2, 0) is 0 Å². The molecule has 3 aliphatic rings. The first-order valence-corrected chi connectivity index (χ1v) is 8.90. The van der Waals surface area contributed by atoms with E-state index in [2.05, 4.69) is 28.1 Å². The van der Waals surface area contributed by atoms with Crippen LogP contribution in [0.15, 0.2) is 24.5 Å². The van der Waals surface area contributed by atoms with E-state index in [1.807, 2.05) is 12.4 Å². The average Bonchev–Trinajstić information content (AvgIpc) is 3.22. The number of aromatic nitrogens is 1. The standard InChI is InChI=1S/C19H26N2O/c1-2-6-17(5-1)22-18-13-16(14-20-15-18)7-10-19-8-3-11-21(19)12-4-9-19/h7,10,13-15,17H,1-6,8-9,11-12H2/b10-7-. The van der Waals surface area contributed by atoms with Crippen LogP contribution in [0.1, 0.15) is 56.9 Å². The first kappa shape index (κ1) is 14.3. The number of rotatable bonds is 4. The predicted octanol–water partition coefficient (Wildman–Crippen LogP) is 4.04. The van der Waals surface area contributed by atoms with Crippen molar-refractivity contribution >= 4 is 6.08 Å². The van der Waals surface area contributed by atoms with E-state index in [0.717, 1.165) is 5.75 Å². The van der Waals surface area contributed by atoms with Gasteiger partial charge in [-0.1, -0.05) is 12.2 Å². The molecule has 3 heteroatoms. The molecule has 0 unspecified atom stereocenters. The predicted molar refractivity (Wildman–Crippen MR) is 88.9 cm³/mol. The molecular formula is C19H26N2O. The minimum absolute atomic E-state index is 0.336. The van der Waals surface area contributed by atoms with Gasteiger partial charge in [-0.15, -0.1) is 0 Å². The number of ether oxygens (including phenoxy) is 1. The Morgan fingerprint density at radius 1 is 1.09 bits per heavy atom. The second kappa shape index (κ2) is 6.04. The van der Waals surface area contributed by atoms with Crippen molar-refractivity contribution in [2.45, 2.75) is 63.0 Å². The molecule has 3 nitrogen and oxygen atoms in total. The van der Waals surface area contributed by atoms with Gasteiger partial charge in [0.05, 0.1) is 12.3 Å². The molecule has 0 amide bonds. The third-order valence-electron chi connectivity index (χ3n) is 5.63. The maximum Gasteiger partial charge on any atom is 0.138 e. The van der Waals surface area contributed by atoms with E-state index in [0.29, 0.717) is 11.6 Å². The maximum atomic E-state index is 6.07. The van der Waals surface area contributed by atoms with Crippen LogP contribution in [0, 0.1) is 0 Å². The molecule has 1 aliphatic carbocycles. The van der Waals surface area contributed by atoms with Crippen molar-refractivity contribution in [2.75, 3.05) is 13.1 Å². The summed E-state index contributed by atoms with van der Waals surface area (Å²) in [6.45, 7) is 2.54. The molecule has 1 saturated carbocycles. The lowest BCUT2D eigenvalue weighted by atomic mass is 9.93. The number of hydrogen-bond acceptors (Lipinski definition) is 3. The molecule has 0 aromatic carbocycles. The second-order valence-electron chi connectivity index (χ2n) is 7.11. The number of hydrogen-bond donors (Lipinski definition) is 0. The second-order valence-corrected chi connectivity index (χ2v) is 7.11. The monoisotopic (exact) mass is 298 g/mol. The Morgan fingerprint density at radius 2 is 1.86 bits per heavy atom. The summed E-state index contributed by atoms with van der Waals surface area (Å²) in [6.07, 6.45) is 19.2. The Kier molecular flexibility index (Phi) is 3.91. The zero-order valence-electron chi connectivity index (χ0n) is 13.3. The molecule has 0 bridgehead atoms. The van der Waals surface area contributed by atoms with Gasteiger partial charge in [-0.3, -0.25) is 9.88 Å². The minimum Gasteiger partial charge on any atom is -0.489 e. The highest BCUT2D eigenvalue weighted by atomic mass is 16.5. The number of pyridine rings is 1. The van der Waals surface area contributed by atoms with Gasteiger partial charge in [-0.2, -0.15) is 0 Å². The summed E-state index contributed by atoms with van der Waals surface area (Å²) in [4.78, 5) is 7.03. The van der Waals surface area contributed by atoms with Crippen LogP contribution in [0.25, 0.3) is 6.08 Å². The van der Waals surface area contributed by atoms with Crippen LogP contribution < -0.4 is 4.74 Å². The van der Waals surface area contributed by atoms with Crippen LogP contribution in [0.3, 0.4) is 0 Å².